The number of rotatable bonds is 3. The van der Waals surface area contributed by atoms with E-state index in [-0.39, 0.29) is 12.4 Å². The summed E-state index contributed by atoms with van der Waals surface area (Å²) in [5.74, 6) is -0.349. The second kappa shape index (κ2) is 6.19. The minimum atomic E-state index is -0.349. The maximum atomic E-state index is 13.6. The van der Waals surface area contributed by atoms with Crippen molar-refractivity contribution in [2.75, 3.05) is 5.32 Å². The average molecular weight is 339 g/mol. The summed E-state index contributed by atoms with van der Waals surface area (Å²) < 4.78 is 13.6. The number of anilines is 1. The van der Waals surface area contributed by atoms with Crippen molar-refractivity contribution in [3.8, 4) is 0 Å². The standard InChI is InChI=1S/C13H8Cl4FN/c14-8-1-2-12(18)7(3-8)6-19-13-10(16)4-9(15)5-11(13)17/h1-5,19H,6H2. The van der Waals surface area contributed by atoms with Gasteiger partial charge in [0.15, 0.2) is 0 Å². The molecule has 6 heteroatoms. The van der Waals surface area contributed by atoms with E-state index < -0.39 is 0 Å². The Labute approximate surface area is 130 Å². The maximum absolute atomic E-state index is 13.6. The molecule has 0 amide bonds. The largest absolute Gasteiger partial charge is 0.378 e. The van der Waals surface area contributed by atoms with Gasteiger partial charge in [-0.15, -0.1) is 0 Å². The molecule has 0 heterocycles. The molecule has 1 N–H and O–H groups in total. The first-order valence-corrected chi connectivity index (χ1v) is 6.81. The molecule has 1 nitrogen and oxygen atoms in total. The van der Waals surface area contributed by atoms with E-state index in [1.165, 1.54) is 12.1 Å². The molecule has 0 unspecified atom stereocenters. The van der Waals surface area contributed by atoms with Crippen LogP contribution in [0.4, 0.5) is 10.1 Å². The van der Waals surface area contributed by atoms with Gasteiger partial charge in [0.2, 0.25) is 0 Å². The summed E-state index contributed by atoms with van der Waals surface area (Å²) in [6, 6.07) is 7.46. The molecule has 0 aromatic heterocycles. The topological polar surface area (TPSA) is 12.0 Å². The summed E-state index contributed by atoms with van der Waals surface area (Å²) in [6.07, 6.45) is 0. The zero-order chi connectivity index (χ0) is 14.0. The molecule has 0 saturated carbocycles. The lowest BCUT2D eigenvalue weighted by Gasteiger charge is -2.11. The molecule has 0 radical (unpaired) electrons. The van der Waals surface area contributed by atoms with Gasteiger partial charge in [-0.25, -0.2) is 4.39 Å². The zero-order valence-corrected chi connectivity index (χ0v) is 12.5. The fourth-order valence-electron chi connectivity index (χ4n) is 1.57. The van der Waals surface area contributed by atoms with Crippen LogP contribution in [0.15, 0.2) is 30.3 Å². The third kappa shape index (κ3) is 3.67. The van der Waals surface area contributed by atoms with E-state index in [0.717, 1.165) is 0 Å². The second-order valence-corrected chi connectivity index (χ2v) is 5.52. The van der Waals surface area contributed by atoms with Crippen LogP contribution in [0.2, 0.25) is 20.1 Å². The fraction of sp³-hybridized carbons (Fsp3) is 0.0769. The van der Waals surface area contributed by atoms with E-state index >= 15 is 0 Å². The Hall–Kier alpha value is -0.670. The van der Waals surface area contributed by atoms with E-state index in [2.05, 4.69) is 5.32 Å². The number of nitrogens with one attached hydrogen (secondary N) is 1. The molecule has 0 aliphatic rings. The van der Waals surface area contributed by atoms with Gasteiger partial charge in [0.25, 0.3) is 0 Å². The number of hydrogen-bond acceptors (Lipinski definition) is 1. The molecule has 2 aromatic rings. The molecule has 0 saturated heterocycles. The van der Waals surface area contributed by atoms with Crippen LogP contribution in [0.25, 0.3) is 0 Å². The van der Waals surface area contributed by atoms with Crippen LogP contribution in [0.1, 0.15) is 5.56 Å². The summed E-state index contributed by atoms with van der Waals surface area (Å²) in [5, 5.41) is 4.63. The van der Waals surface area contributed by atoms with E-state index in [1.54, 1.807) is 18.2 Å². The van der Waals surface area contributed by atoms with Gasteiger partial charge in [-0.1, -0.05) is 46.4 Å². The first-order valence-electron chi connectivity index (χ1n) is 5.29. The molecular formula is C13H8Cl4FN. The summed E-state index contributed by atoms with van der Waals surface area (Å²) in [6.45, 7) is 0.216. The Balaban J connectivity index is 2.21. The monoisotopic (exact) mass is 337 g/mol. The van der Waals surface area contributed by atoms with Crippen molar-refractivity contribution < 1.29 is 4.39 Å². The van der Waals surface area contributed by atoms with Crippen molar-refractivity contribution in [1.82, 2.24) is 0 Å². The highest BCUT2D eigenvalue weighted by Crippen LogP contribution is 2.34. The van der Waals surface area contributed by atoms with Gasteiger partial charge in [0.05, 0.1) is 15.7 Å². The van der Waals surface area contributed by atoms with Crippen LogP contribution in [0.5, 0.6) is 0 Å². The normalized spacial score (nSPS) is 10.6. The van der Waals surface area contributed by atoms with Crippen LogP contribution in [-0.2, 0) is 6.54 Å². The maximum Gasteiger partial charge on any atom is 0.128 e. The number of hydrogen-bond donors (Lipinski definition) is 1. The predicted molar refractivity (Wildman–Crippen MR) is 80.2 cm³/mol. The third-order valence-electron chi connectivity index (χ3n) is 2.47. The van der Waals surface area contributed by atoms with Crippen LogP contribution in [0, 0.1) is 5.82 Å². The molecular weight excluding hydrogens is 331 g/mol. The Kier molecular flexibility index (Phi) is 4.80. The quantitative estimate of drug-likeness (QED) is 0.718. The zero-order valence-electron chi connectivity index (χ0n) is 9.48. The molecule has 0 aliphatic heterocycles. The Bertz CT molecular complexity index is 593. The first-order chi connectivity index (χ1) is 8.97. The van der Waals surface area contributed by atoms with Crippen molar-refractivity contribution in [3.05, 3.63) is 61.8 Å². The summed E-state index contributed by atoms with van der Waals surface area (Å²) >= 11 is 23.7. The van der Waals surface area contributed by atoms with Gasteiger partial charge in [-0.2, -0.15) is 0 Å². The molecule has 2 rings (SSSR count). The van der Waals surface area contributed by atoms with Gasteiger partial charge in [-0.3, -0.25) is 0 Å². The minimum Gasteiger partial charge on any atom is -0.378 e. The van der Waals surface area contributed by atoms with Crippen molar-refractivity contribution in [1.29, 1.82) is 0 Å². The van der Waals surface area contributed by atoms with Gasteiger partial charge in [0.1, 0.15) is 5.82 Å². The summed E-state index contributed by atoms with van der Waals surface area (Å²) in [5.41, 5.74) is 0.932. The fourth-order valence-corrected chi connectivity index (χ4v) is 2.72. The third-order valence-corrected chi connectivity index (χ3v) is 3.52. The van der Waals surface area contributed by atoms with Crippen LogP contribution >= 0.6 is 46.4 Å². The lowest BCUT2D eigenvalue weighted by Crippen LogP contribution is -2.03. The van der Waals surface area contributed by atoms with Crippen LogP contribution in [-0.4, -0.2) is 0 Å². The molecule has 19 heavy (non-hydrogen) atoms. The van der Waals surface area contributed by atoms with Crippen LogP contribution in [0.3, 0.4) is 0 Å². The summed E-state index contributed by atoms with van der Waals surface area (Å²) in [4.78, 5) is 0. The van der Waals surface area contributed by atoms with Crippen LogP contribution < -0.4 is 5.32 Å². The highest BCUT2D eigenvalue weighted by atomic mass is 35.5. The van der Waals surface area contributed by atoms with Gasteiger partial charge < -0.3 is 5.32 Å². The highest BCUT2D eigenvalue weighted by molar-refractivity contribution is 6.41. The smallest absolute Gasteiger partial charge is 0.128 e. The SMILES string of the molecule is Fc1ccc(Cl)cc1CNc1c(Cl)cc(Cl)cc1Cl. The Morgan fingerprint density at radius 2 is 1.53 bits per heavy atom. The molecule has 2 aromatic carbocycles. The van der Waals surface area contributed by atoms with E-state index in [9.17, 15) is 4.39 Å². The molecule has 0 spiro atoms. The van der Waals surface area contributed by atoms with Crippen molar-refractivity contribution >= 4 is 52.1 Å². The first kappa shape index (κ1) is 14.7. The molecule has 0 bridgehead atoms. The summed E-state index contributed by atoms with van der Waals surface area (Å²) in [7, 11) is 0. The number of halogens is 5. The molecule has 0 aliphatic carbocycles. The van der Waals surface area contributed by atoms with Crippen molar-refractivity contribution in [2.24, 2.45) is 0 Å². The van der Waals surface area contributed by atoms with Gasteiger partial charge in [-0.05, 0) is 30.3 Å². The highest BCUT2D eigenvalue weighted by Gasteiger charge is 2.09. The van der Waals surface area contributed by atoms with E-state index in [4.69, 9.17) is 46.4 Å². The van der Waals surface area contributed by atoms with Crippen molar-refractivity contribution in [3.63, 3.8) is 0 Å². The Morgan fingerprint density at radius 3 is 2.16 bits per heavy atom. The van der Waals surface area contributed by atoms with E-state index in [0.29, 0.717) is 31.3 Å². The lowest BCUT2D eigenvalue weighted by atomic mass is 10.2. The van der Waals surface area contributed by atoms with E-state index in [1.807, 2.05) is 0 Å². The Morgan fingerprint density at radius 1 is 0.895 bits per heavy atom. The molecule has 0 fully saturated rings. The average Bonchev–Trinajstić information content (AvgIpc) is 2.32. The van der Waals surface area contributed by atoms with Crippen molar-refractivity contribution in [2.45, 2.75) is 6.54 Å². The second-order valence-electron chi connectivity index (χ2n) is 3.83. The molecule has 0 atom stereocenters. The van der Waals surface area contributed by atoms with Gasteiger partial charge >= 0.3 is 0 Å². The van der Waals surface area contributed by atoms with Gasteiger partial charge in [0, 0.05) is 22.2 Å². The lowest BCUT2D eigenvalue weighted by molar-refractivity contribution is 0.613. The minimum absolute atomic E-state index is 0.216. The number of benzene rings is 2. The molecule has 100 valence electrons. The predicted octanol–water partition coefficient (Wildman–Crippen LogP) is 6.05.